The van der Waals surface area contributed by atoms with Crippen molar-refractivity contribution in [3.8, 4) is 5.75 Å². The number of fused-ring (bicyclic) bond motifs is 1. The van der Waals surface area contributed by atoms with Crippen LogP contribution in [0.2, 0.25) is 0 Å². The molecule has 1 saturated heterocycles. The van der Waals surface area contributed by atoms with Crippen molar-refractivity contribution in [1.82, 2.24) is 14.8 Å². The van der Waals surface area contributed by atoms with E-state index < -0.39 is 0 Å². The predicted octanol–water partition coefficient (Wildman–Crippen LogP) is 5.91. The first-order valence-electron chi connectivity index (χ1n) is 14.2. The van der Waals surface area contributed by atoms with Gasteiger partial charge in [0.25, 0.3) is 0 Å². The number of aldehydes is 1. The lowest BCUT2D eigenvalue weighted by Crippen LogP contribution is -2.31. The second-order valence-corrected chi connectivity index (χ2v) is 10.4. The van der Waals surface area contributed by atoms with Gasteiger partial charge in [0.15, 0.2) is 0 Å². The number of nitrogens with zero attached hydrogens (tertiary/aromatic N) is 3. The van der Waals surface area contributed by atoms with Crippen LogP contribution in [0.25, 0.3) is 0 Å². The van der Waals surface area contributed by atoms with Gasteiger partial charge in [0.05, 0.1) is 13.2 Å². The van der Waals surface area contributed by atoms with Crippen LogP contribution in [0.4, 0.5) is 0 Å². The van der Waals surface area contributed by atoms with Gasteiger partial charge in [0, 0.05) is 30.9 Å². The zero-order valence-corrected chi connectivity index (χ0v) is 22.8. The Morgan fingerprint density at radius 1 is 1.11 bits per heavy atom. The number of ether oxygens (including phenoxy) is 1. The number of carbonyl (C=O) groups excluding carboxylic acids is 1. The molecular weight excluding hydrogens is 446 g/mol. The normalized spacial score (nSPS) is 19.0. The minimum absolute atomic E-state index is 0.446. The zero-order chi connectivity index (χ0) is 25.6. The first kappa shape index (κ1) is 28.3. The van der Waals surface area contributed by atoms with E-state index in [1.54, 1.807) is 0 Å². The van der Waals surface area contributed by atoms with E-state index in [4.69, 9.17) is 4.74 Å². The highest BCUT2D eigenvalue weighted by Gasteiger charge is 2.32. The van der Waals surface area contributed by atoms with E-state index in [-0.39, 0.29) is 0 Å². The Morgan fingerprint density at radius 2 is 1.94 bits per heavy atom. The Morgan fingerprint density at radius 3 is 2.69 bits per heavy atom. The molecule has 0 saturated carbocycles. The minimum atomic E-state index is 0.446. The zero-order valence-electron chi connectivity index (χ0n) is 22.8. The number of aromatic nitrogens is 1. The van der Waals surface area contributed by atoms with Crippen molar-refractivity contribution in [1.29, 1.82) is 0 Å². The Hall–Kier alpha value is -2.24. The number of pyridine rings is 1. The SMILES string of the molecule is CCCCCN(C)CCCC.O=CCN1CC(c2ccc3c(c2)CCO3)CC1CCc1ccccn1. The summed E-state index contributed by atoms with van der Waals surface area (Å²) in [6.07, 6.45) is 13.8. The molecule has 5 nitrogen and oxygen atoms in total. The molecule has 3 heterocycles. The van der Waals surface area contributed by atoms with Gasteiger partial charge < -0.3 is 14.4 Å². The van der Waals surface area contributed by atoms with Crippen LogP contribution in [0.15, 0.2) is 42.6 Å². The number of hydrogen-bond donors (Lipinski definition) is 0. The lowest BCUT2D eigenvalue weighted by Gasteiger charge is -2.21. The average Bonchev–Trinajstić information content (AvgIpc) is 3.54. The molecule has 2 aliphatic rings. The molecule has 1 aromatic carbocycles. The maximum Gasteiger partial charge on any atom is 0.133 e. The number of benzene rings is 1. The predicted molar refractivity (Wildman–Crippen MR) is 149 cm³/mol. The fourth-order valence-electron chi connectivity index (χ4n) is 5.34. The highest BCUT2D eigenvalue weighted by Crippen LogP contribution is 2.36. The molecular formula is C31H47N3O2. The summed E-state index contributed by atoms with van der Waals surface area (Å²) in [6.45, 7) is 9.36. The van der Waals surface area contributed by atoms with Crippen LogP contribution < -0.4 is 4.74 Å². The lowest BCUT2D eigenvalue weighted by molar-refractivity contribution is -0.109. The van der Waals surface area contributed by atoms with E-state index in [0.29, 0.717) is 18.5 Å². The van der Waals surface area contributed by atoms with Crippen molar-refractivity contribution in [2.24, 2.45) is 0 Å². The van der Waals surface area contributed by atoms with E-state index in [2.05, 4.69) is 59.9 Å². The van der Waals surface area contributed by atoms with Gasteiger partial charge in [0.2, 0.25) is 0 Å². The van der Waals surface area contributed by atoms with Gasteiger partial charge in [-0.3, -0.25) is 9.88 Å². The third-order valence-electron chi connectivity index (χ3n) is 7.52. The lowest BCUT2D eigenvalue weighted by atomic mass is 9.93. The van der Waals surface area contributed by atoms with Crippen LogP contribution in [-0.2, 0) is 17.6 Å². The fraction of sp³-hybridized carbons (Fsp3) is 0.613. The molecule has 2 unspecified atom stereocenters. The number of hydrogen-bond acceptors (Lipinski definition) is 5. The minimum Gasteiger partial charge on any atom is -0.493 e. The topological polar surface area (TPSA) is 45.7 Å². The molecule has 0 bridgehead atoms. The van der Waals surface area contributed by atoms with Crippen LogP contribution in [0, 0.1) is 0 Å². The molecule has 1 fully saturated rings. The van der Waals surface area contributed by atoms with Crippen LogP contribution in [0.5, 0.6) is 5.75 Å². The standard InChI is InChI=1S/C21H24N2O2.C10H23N/c24-11-10-23-15-18(16-4-7-21-17(13-16)8-12-25-21)14-20(23)6-5-19-3-1-2-9-22-19;1-4-6-8-10-11(3)9-7-5-2/h1-4,7,9,11,13,18,20H,5-6,8,10,12,14-15H2;4-10H2,1-3H3. The molecule has 1 aromatic heterocycles. The van der Waals surface area contributed by atoms with E-state index in [9.17, 15) is 4.79 Å². The molecule has 0 radical (unpaired) electrons. The first-order chi connectivity index (χ1) is 17.6. The van der Waals surface area contributed by atoms with Crippen LogP contribution in [0.1, 0.15) is 81.5 Å². The highest BCUT2D eigenvalue weighted by atomic mass is 16.5. The Kier molecular flexibility index (Phi) is 12.4. The molecule has 2 aromatic rings. The summed E-state index contributed by atoms with van der Waals surface area (Å²) in [4.78, 5) is 20.3. The Bertz CT molecular complexity index is 889. The van der Waals surface area contributed by atoms with Crippen molar-refractivity contribution in [2.75, 3.05) is 39.8 Å². The van der Waals surface area contributed by atoms with Gasteiger partial charge >= 0.3 is 0 Å². The summed E-state index contributed by atoms with van der Waals surface area (Å²) in [7, 11) is 2.23. The van der Waals surface area contributed by atoms with Gasteiger partial charge in [-0.25, -0.2) is 0 Å². The Balaban J connectivity index is 0.000000280. The molecule has 36 heavy (non-hydrogen) atoms. The number of rotatable bonds is 13. The molecule has 5 heteroatoms. The first-order valence-corrected chi connectivity index (χ1v) is 14.2. The van der Waals surface area contributed by atoms with Gasteiger partial charge in [-0.2, -0.15) is 0 Å². The van der Waals surface area contributed by atoms with Crippen molar-refractivity contribution >= 4 is 6.29 Å². The smallest absolute Gasteiger partial charge is 0.133 e. The van der Waals surface area contributed by atoms with Crippen LogP contribution in [0.3, 0.4) is 0 Å². The van der Waals surface area contributed by atoms with Crippen LogP contribution in [-0.4, -0.2) is 66.9 Å². The molecule has 0 amide bonds. The third-order valence-corrected chi connectivity index (χ3v) is 7.52. The van der Waals surface area contributed by atoms with Gasteiger partial charge in [-0.05, 0) is 87.5 Å². The molecule has 0 aliphatic carbocycles. The molecule has 198 valence electrons. The largest absolute Gasteiger partial charge is 0.493 e. The number of likely N-dealkylation sites (tertiary alicyclic amines) is 1. The third kappa shape index (κ3) is 9.01. The summed E-state index contributed by atoms with van der Waals surface area (Å²) >= 11 is 0. The maximum atomic E-state index is 11.1. The number of aryl methyl sites for hydroxylation is 1. The van der Waals surface area contributed by atoms with Crippen molar-refractivity contribution in [3.05, 3.63) is 59.4 Å². The molecule has 0 N–H and O–H groups in total. The van der Waals surface area contributed by atoms with E-state index in [0.717, 1.165) is 56.6 Å². The van der Waals surface area contributed by atoms with E-state index >= 15 is 0 Å². The maximum absolute atomic E-state index is 11.1. The number of unbranched alkanes of at least 4 members (excludes halogenated alkanes) is 3. The summed E-state index contributed by atoms with van der Waals surface area (Å²) < 4.78 is 5.62. The van der Waals surface area contributed by atoms with Crippen LogP contribution >= 0.6 is 0 Å². The summed E-state index contributed by atoms with van der Waals surface area (Å²) in [6, 6.07) is 13.1. The summed E-state index contributed by atoms with van der Waals surface area (Å²) in [5.74, 6) is 1.54. The molecule has 0 spiro atoms. The summed E-state index contributed by atoms with van der Waals surface area (Å²) in [5, 5.41) is 0. The molecule has 2 atom stereocenters. The number of carbonyl (C=O) groups is 1. The van der Waals surface area contributed by atoms with Gasteiger partial charge in [0.1, 0.15) is 12.0 Å². The van der Waals surface area contributed by atoms with Crippen molar-refractivity contribution in [3.63, 3.8) is 0 Å². The Labute approximate surface area is 219 Å². The monoisotopic (exact) mass is 493 g/mol. The van der Waals surface area contributed by atoms with E-state index in [1.807, 2.05) is 18.3 Å². The van der Waals surface area contributed by atoms with E-state index in [1.165, 1.54) is 56.3 Å². The second-order valence-electron chi connectivity index (χ2n) is 10.4. The molecule has 2 aliphatic heterocycles. The quantitative estimate of drug-likeness (QED) is 0.256. The fourth-order valence-corrected chi connectivity index (χ4v) is 5.34. The van der Waals surface area contributed by atoms with Gasteiger partial charge in [-0.1, -0.05) is 51.3 Å². The second kappa shape index (κ2) is 15.8. The van der Waals surface area contributed by atoms with Gasteiger partial charge in [-0.15, -0.1) is 0 Å². The summed E-state index contributed by atoms with van der Waals surface area (Å²) in [5.41, 5.74) is 3.85. The highest BCUT2D eigenvalue weighted by molar-refractivity contribution is 5.52. The van der Waals surface area contributed by atoms with Crippen molar-refractivity contribution in [2.45, 2.75) is 83.6 Å². The molecule has 4 rings (SSSR count). The van der Waals surface area contributed by atoms with Crippen molar-refractivity contribution < 1.29 is 9.53 Å². The average molecular weight is 494 g/mol.